The molecule has 0 saturated carbocycles. The van der Waals surface area contributed by atoms with E-state index >= 15 is 0 Å². The van der Waals surface area contributed by atoms with Crippen molar-refractivity contribution in [3.63, 3.8) is 0 Å². The molecule has 0 aliphatic carbocycles. The van der Waals surface area contributed by atoms with E-state index in [4.69, 9.17) is 4.74 Å². The lowest BCUT2D eigenvalue weighted by atomic mass is 10.1. The topological polar surface area (TPSA) is 78.9 Å². The molecule has 1 aliphatic heterocycles. The van der Waals surface area contributed by atoms with Crippen molar-refractivity contribution in [3.05, 3.63) is 34.7 Å². The number of benzene rings is 1. The van der Waals surface area contributed by atoms with Crippen LogP contribution in [0.1, 0.15) is 30.7 Å². The number of phenolic OH excluding ortho intramolecular Hbond substituents is 1. The smallest absolute Gasteiger partial charge is 0.225 e. The summed E-state index contributed by atoms with van der Waals surface area (Å²) < 4.78 is 5.72. The van der Waals surface area contributed by atoms with Crippen molar-refractivity contribution in [2.75, 3.05) is 13.2 Å². The highest BCUT2D eigenvalue weighted by molar-refractivity contribution is 7.15. The van der Waals surface area contributed by atoms with Gasteiger partial charge in [-0.3, -0.25) is 9.59 Å². The summed E-state index contributed by atoms with van der Waals surface area (Å²) in [6.45, 7) is 6.41. The lowest BCUT2D eigenvalue weighted by Gasteiger charge is -2.22. The molecule has 0 radical (unpaired) electrons. The quantitative estimate of drug-likeness (QED) is 0.844. The van der Waals surface area contributed by atoms with Crippen LogP contribution in [0.2, 0.25) is 0 Å². The molecule has 1 aromatic carbocycles. The molecule has 1 aliphatic rings. The van der Waals surface area contributed by atoms with Crippen LogP contribution < -0.4 is 10.1 Å². The molecular weight excluding hydrogens is 364 g/mol. The molecule has 27 heavy (non-hydrogen) atoms. The molecule has 0 spiro atoms. The minimum atomic E-state index is -0.229. The van der Waals surface area contributed by atoms with Gasteiger partial charge in [0, 0.05) is 41.2 Å². The van der Waals surface area contributed by atoms with Crippen molar-refractivity contribution in [2.45, 2.75) is 39.8 Å². The zero-order valence-corrected chi connectivity index (χ0v) is 16.6. The highest BCUT2D eigenvalue weighted by Gasteiger charge is 2.24. The normalized spacial score (nSPS) is 14.7. The Morgan fingerprint density at radius 3 is 2.81 bits per heavy atom. The molecule has 0 unspecified atom stereocenters. The minimum Gasteiger partial charge on any atom is -0.504 e. The summed E-state index contributed by atoms with van der Waals surface area (Å²) in [5.74, 6) is 0.330. The van der Waals surface area contributed by atoms with Gasteiger partial charge in [0.1, 0.15) is 6.61 Å². The number of thiophene rings is 1. The predicted molar refractivity (Wildman–Crippen MR) is 105 cm³/mol. The van der Waals surface area contributed by atoms with Gasteiger partial charge in [-0.1, -0.05) is 0 Å². The molecule has 7 heteroatoms. The first-order valence-corrected chi connectivity index (χ1v) is 9.75. The first-order valence-electron chi connectivity index (χ1n) is 8.94. The van der Waals surface area contributed by atoms with Gasteiger partial charge >= 0.3 is 0 Å². The van der Waals surface area contributed by atoms with Crippen molar-refractivity contribution < 1.29 is 19.4 Å². The number of nitrogens with one attached hydrogen (secondary N) is 1. The van der Waals surface area contributed by atoms with Crippen LogP contribution in [0, 0.1) is 6.92 Å². The van der Waals surface area contributed by atoms with Crippen LogP contribution in [-0.2, 0) is 16.1 Å². The lowest BCUT2D eigenvalue weighted by molar-refractivity contribution is -0.132. The Balaban J connectivity index is 1.82. The maximum Gasteiger partial charge on any atom is 0.225 e. The average Bonchev–Trinajstić information content (AvgIpc) is 2.88. The van der Waals surface area contributed by atoms with Crippen LogP contribution in [0.15, 0.2) is 24.3 Å². The van der Waals surface area contributed by atoms with E-state index in [-0.39, 0.29) is 30.0 Å². The number of ether oxygens (including phenoxy) is 1. The van der Waals surface area contributed by atoms with Gasteiger partial charge in [0.05, 0.1) is 6.54 Å². The first kappa shape index (κ1) is 19.2. The van der Waals surface area contributed by atoms with E-state index in [1.54, 1.807) is 22.3 Å². The van der Waals surface area contributed by atoms with Crippen LogP contribution >= 0.6 is 11.3 Å². The third-order valence-electron chi connectivity index (χ3n) is 4.42. The van der Waals surface area contributed by atoms with Crippen LogP contribution in [0.3, 0.4) is 0 Å². The summed E-state index contributed by atoms with van der Waals surface area (Å²) in [6, 6.07) is 7.52. The van der Waals surface area contributed by atoms with Crippen LogP contribution in [0.4, 0.5) is 0 Å². The number of aromatic hydroxyl groups is 1. The molecule has 0 saturated heterocycles. The maximum atomic E-state index is 12.7. The Bertz CT molecular complexity index is 862. The lowest BCUT2D eigenvalue weighted by Crippen LogP contribution is -2.39. The molecule has 2 heterocycles. The highest BCUT2D eigenvalue weighted by Crippen LogP contribution is 2.39. The molecule has 2 aromatic rings. The van der Waals surface area contributed by atoms with Crippen molar-refractivity contribution in [1.29, 1.82) is 0 Å². The Kier molecular flexibility index (Phi) is 5.70. The van der Waals surface area contributed by atoms with E-state index in [0.29, 0.717) is 25.4 Å². The molecule has 2 N–H and O–H groups in total. The summed E-state index contributed by atoms with van der Waals surface area (Å²) in [5, 5.41) is 13.2. The van der Waals surface area contributed by atoms with Crippen molar-refractivity contribution in [1.82, 2.24) is 10.2 Å². The molecule has 0 bridgehead atoms. The summed E-state index contributed by atoms with van der Waals surface area (Å²) in [6.07, 6.45) is 0.227. The molecule has 1 atom stereocenters. The van der Waals surface area contributed by atoms with Crippen molar-refractivity contribution >= 4 is 23.2 Å². The molecule has 144 valence electrons. The summed E-state index contributed by atoms with van der Waals surface area (Å²) in [5.41, 5.74) is 1.70. The fourth-order valence-electron chi connectivity index (χ4n) is 3.23. The van der Waals surface area contributed by atoms with Crippen LogP contribution in [-0.4, -0.2) is 41.0 Å². The largest absolute Gasteiger partial charge is 0.504 e. The zero-order valence-electron chi connectivity index (χ0n) is 15.7. The third kappa shape index (κ3) is 4.60. The average molecular weight is 388 g/mol. The molecule has 0 fully saturated rings. The van der Waals surface area contributed by atoms with E-state index < -0.39 is 0 Å². The SMILES string of the molecule is CC(=O)N[C@@H](C)CC(=O)N1CCOc2c(O)cc(-c3ccc(C)s3)cc2C1. The fourth-order valence-corrected chi connectivity index (χ4v) is 4.09. The van der Waals surface area contributed by atoms with E-state index in [0.717, 1.165) is 16.0 Å². The zero-order chi connectivity index (χ0) is 19.6. The standard InChI is InChI=1S/C20H24N2O4S/c1-12(21-14(3)23)8-19(25)22-6-7-26-20-16(11-22)9-15(10-17(20)24)18-5-4-13(2)27-18/h4-5,9-10,12,24H,6-8,11H2,1-3H3,(H,21,23)/t12-/m0/s1. The molecular formula is C20H24N2O4S. The van der Waals surface area contributed by atoms with Crippen molar-refractivity contribution in [2.24, 2.45) is 0 Å². The van der Waals surface area contributed by atoms with Gasteiger partial charge in [0.25, 0.3) is 0 Å². The van der Waals surface area contributed by atoms with Gasteiger partial charge in [0.15, 0.2) is 11.5 Å². The minimum absolute atomic E-state index is 0.0513. The van der Waals surface area contributed by atoms with E-state index in [1.807, 2.05) is 32.0 Å². The van der Waals surface area contributed by atoms with E-state index in [9.17, 15) is 14.7 Å². The second-order valence-electron chi connectivity index (χ2n) is 6.86. The maximum absolute atomic E-state index is 12.7. The molecule has 2 amide bonds. The highest BCUT2D eigenvalue weighted by atomic mass is 32.1. The first-order chi connectivity index (χ1) is 12.8. The summed E-state index contributed by atoms with van der Waals surface area (Å²) in [7, 11) is 0. The Morgan fingerprint density at radius 1 is 1.37 bits per heavy atom. The van der Waals surface area contributed by atoms with Crippen LogP contribution in [0.25, 0.3) is 10.4 Å². The van der Waals surface area contributed by atoms with Gasteiger partial charge in [-0.25, -0.2) is 0 Å². The number of rotatable bonds is 4. The monoisotopic (exact) mass is 388 g/mol. The number of hydrogen-bond donors (Lipinski definition) is 2. The Hall–Kier alpha value is -2.54. The van der Waals surface area contributed by atoms with Gasteiger partial charge in [-0.05, 0) is 43.7 Å². The number of fused-ring (bicyclic) bond motifs is 1. The Labute approximate surface area is 162 Å². The number of aryl methyl sites for hydroxylation is 1. The van der Waals surface area contributed by atoms with Crippen molar-refractivity contribution in [3.8, 4) is 21.9 Å². The second kappa shape index (κ2) is 8.00. The van der Waals surface area contributed by atoms with Gasteiger partial charge in [-0.15, -0.1) is 11.3 Å². The second-order valence-corrected chi connectivity index (χ2v) is 8.15. The number of nitrogens with zero attached hydrogens (tertiary/aromatic N) is 1. The fraction of sp³-hybridized carbons (Fsp3) is 0.400. The number of amides is 2. The van der Waals surface area contributed by atoms with Gasteiger partial charge in [-0.2, -0.15) is 0 Å². The van der Waals surface area contributed by atoms with E-state index in [1.165, 1.54) is 11.8 Å². The molecule has 6 nitrogen and oxygen atoms in total. The van der Waals surface area contributed by atoms with Gasteiger partial charge < -0.3 is 20.1 Å². The molecule has 3 rings (SSSR count). The Morgan fingerprint density at radius 2 is 2.15 bits per heavy atom. The number of phenols is 1. The number of carbonyl (C=O) groups excluding carboxylic acids is 2. The van der Waals surface area contributed by atoms with Crippen LogP contribution in [0.5, 0.6) is 11.5 Å². The molecule has 1 aromatic heterocycles. The van der Waals surface area contributed by atoms with Gasteiger partial charge in [0.2, 0.25) is 11.8 Å². The summed E-state index contributed by atoms with van der Waals surface area (Å²) >= 11 is 1.65. The third-order valence-corrected chi connectivity index (χ3v) is 5.47. The number of hydrogen-bond acceptors (Lipinski definition) is 5. The van der Waals surface area contributed by atoms with E-state index in [2.05, 4.69) is 5.32 Å². The summed E-state index contributed by atoms with van der Waals surface area (Å²) in [4.78, 5) is 27.8. The number of carbonyl (C=O) groups is 2. The predicted octanol–water partition coefficient (Wildman–Crippen LogP) is 3.06.